The molecule has 1 atom stereocenters. The minimum absolute atomic E-state index is 0.0592. The highest BCUT2D eigenvalue weighted by atomic mass is 79.9. The Morgan fingerprint density at radius 2 is 1.63 bits per heavy atom. The first-order valence-corrected chi connectivity index (χ1v) is 12.9. The fourth-order valence-corrected chi connectivity index (χ4v) is 5.48. The van der Waals surface area contributed by atoms with Gasteiger partial charge in [0.15, 0.2) is 0 Å². The lowest BCUT2D eigenvalue weighted by atomic mass is 10.1. The Bertz CT molecular complexity index is 1680. The molecule has 3 amide bonds. The Labute approximate surface area is 226 Å². The molecule has 0 aromatic heterocycles. The summed E-state index contributed by atoms with van der Waals surface area (Å²) in [6.07, 6.45) is 0.0592. The molecule has 0 unspecified atom stereocenters. The zero-order valence-electron chi connectivity index (χ0n) is 20.3. The van der Waals surface area contributed by atoms with Crippen molar-refractivity contribution in [1.29, 1.82) is 0 Å². The van der Waals surface area contributed by atoms with Crippen LogP contribution in [0.25, 0.3) is 10.8 Å². The summed E-state index contributed by atoms with van der Waals surface area (Å²) in [5, 5.41) is 1.97. The van der Waals surface area contributed by atoms with Gasteiger partial charge in [-0.3, -0.25) is 19.2 Å². The summed E-state index contributed by atoms with van der Waals surface area (Å²) in [5.74, 6) is -1.77. The minimum Gasteiger partial charge on any atom is -0.426 e. The number of hydrogen-bond donors (Lipinski definition) is 0. The number of ether oxygens (including phenoxy) is 1. The maximum Gasteiger partial charge on any atom is 0.316 e. The molecule has 8 heteroatoms. The van der Waals surface area contributed by atoms with Gasteiger partial charge in [-0.2, -0.15) is 0 Å². The SMILES string of the molecule is Cc1cc(OC(=O)[C@H]2CC(=O)N(c3cccc4ccccc34)C2)ccc1N1C(=O)c2ccc(Br)cc2C1=O. The second-order valence-corrected chi connectivity index (χ2v) is 10.3. The van der Waals surface area contributed by atoms with E-state index in [0.29, 0.717) is 26.9 Å². The third-order valence-electron chi connectivity index (χ3n) is 6.99. The van der Waals surface area contributed by atoms with E-state index in [-0.39, 0.29) is 24.6 Å². The Kier molecular flexibility index (Phi) is 5.84. The molecule has 1 fully saturated rings. The van der Waals surface area contributed by atoms with Gasteiger partial charge in [0.1, 0.15) is 5.75 Å². The van der Waals surface area contributed by atoms with Crippen LogP contribution in [0.3, 0.4) is 0 Å². The molecule has 7 nitrogen and oxygen atoms in total. The summed E-state index contributed by atoms with van der Waals surface area (Å²) >= 11 is 3.34. The van der Waals surface area contributed by atoms with Crippen LogP contribution in [0.1, 0.15) is 32.7 Å². The molecule has 0 N–H and O–H groups in total. The average molecular weight is 569 g/mol. The van der Waals surface area contributed by atoms with E-state index in [9.17, 15) is 19.2 Å². The number of anilines is 2. The van der Waals surface area contributed by atoms with Crippen LogP contribution in [0, 0.1) is 12.8 Å². The van der Waals surface area contributed by atoms with E-state index >= 15 is 0 Å². The van der Waals surface area contributed by atoms with Crippen molar-refractivity contribution in [3.63, 3.8) is 0 Å². The van der Waals surface area contributed by atoms with Crippen molar-refractivity contribution in [3.8, 4) is 5.75 Å². The van der Waals surface area contributed by atoms with Crippen molar-refractivity contribution < 1.29 is 23.9 Å². The number of aryl methyl sites for hydroxylation is 1. The summed E-state index contributed by atoms with van der Waals surface area (Å²) in [4.78, 5) is 54.6. The summed E-state index contributed by atoms with van der Waals surface area (Å²) in [6, 6.07) is 23.3. The molecule has 1 saturated heterocycles. The van der Waals surface area contributed by atoms with E-state index in [1.165, 1.54) is 0 Å². The lowest BCUT2D eigenvalue weighted by molar-refractivity contribution is -0.139. The normalized spacial score (nSPS) is 16.9. The first-order chi connectivity index (χ1) is 18.3. The highest BCUT2D eigenvalue weighted by molar-refractivity contribution is 9.10. The van der Waals surface area contributed by atoms with Gasteiger partial charge in [-0.15, -0.1) is 0 Å². The fourth-order valence-electron chi connectivity index (χ4n) is 5.12. The predicted molar refractivity (Wildman–Crippen MR) is 147 cm³/mol. The van der Waals surface area contributed by atoms with E-state index in [1.54, 1.807) is 48.2 Å². The summed E-state index contributed by atoms with van der Waals surface area (Å²) in [6.45, 7) is 1.97. The molecular formula is C30H21BrN2O5. The average Bonchev–Trinajstić information content (AvgIpc) is 3.41. The van der Waals surface area contributed by atoms with Gasteiger partial charge in [0, 0.05) is 22.8 Å². The summed E-state index contributed by atoms with van der Waals surface area (Å²) in [5.41, 5.74) is 2.47. The molecule has 6 rings (SSSR count). The number of carbonyl (C=O) groups excluding carboxylic acids is 4. The van der Waals surface area contributed by atoms with Crippen molar-refractivity contribution in [2.24, 2.45) is 5.92 Å². The molecule has 4 aromatic rings. The van der Waals surface area contributed by atoms with Crippen LogP contribution in [0.15, 0.2) is 83.3 Å². The van der Waals surface area contributed by atoms with E-state index in [2.05, 4.69) is 15.9 Å². The van der Waals surface area contributed by atoms with Gasteiger partial charge in [-0.05, 0) is 60.3 Å². The third kappa shape index (κ3) is 3.97. The number of halogens is 1. The number of hydrogen-bond acceptors (Lipinski definition) is 5. The molecule has 2 aliphatic heterocycles. The third-order valence-corrected chi connectivity index (χ3v) is 7.49. The molecule has 38 heavy (non-hydrogen) atoms. The lowest BCUT2D eigenvalue weighted by Crippen LogP contribution is -2.30. The van der Waals surface area contributed by atoms with E-state index < -0.39 is 23.7 Å². The lowest BCUT2D eigenvalue weighted by Gasteiger charge is -2.19. The number of imide groups is 1. The van der Waals surface area contributed by atoms with Gasteiger partial charge in [0.2, 0.25) is 5.91 Å². The van der Waals surface area contributed by atoms with Crippen molar-refractivity contribution in [2.45, 2.75) is 13.3 Å². The molecule has 0 spiro atoms. The molecule has 0 radical (unpaired) electrons. The fraction of sp³-hybridized carbons (Fsp3) is 0.133. The van der Waals surface area contributed by atoms with Gasteiger partial charge < -0.3 is 9.64 Å². The van der Waals surface area contributed by atoms with Crippen LogP contribution < -0.4 is 14.5 Å². The first-order valence-electron chi connectivity index (χ1n) is 12.1. The van der Waals surface area contributed by atoms with Gasteiger partial charge in [0.05, 0.1) is 28.4 Å². The number of nitrogens with zero attached hydrogens (tertiary/aromatic N) is 2. The number of fused-ring (bicyclic) bond motifs is 2. The summed E-state index contributed by atoms with van der Waals surface area (Å²) in [7, 11) is 0. The second-order valence-electron chi connectivity index (χ2n) is 9.41. The van der Waals surface area contributed by atoms with Crippen LogP contribution in [0.2, 0.25) is 0 Å². The van der Waals surface area contributed by atoms with E-state index in [0.717, 1.165) is 21.4 Å². The summed E-state index contributed by atoms with van der Waals surface area (Å²) < 4.78 is 6.35. The predicted octanol–water partition coefficient (Wildman–Crippen LogP) is 5.67. The van der Waals surface area contributed by atoms with Crippen LogP contribution in [-0.4, -0.2) is 30.2 Å². The van der Waals surface area contributed by atoms with Gasteiger partial charge >= 0.3 is 5.97 Å². The van der Waals surface area contributed by atoms with Crippen molar-refractivity contribution >= 4 is 61.8 Å². The molecule has 188 valence electrons. The molecule has 0 aliphatic carbocycles. The van der Waals surface area contributed by atoms with Crippen molar-refractivity contribution in [3.05, 3.63) is 100 Å². The molecular weight excluding hydrogens is 548 g/mol. The Hall–Kier alpha value is -4.30. The minimum atomic E-state index is -0.615. The zero-order chi connectivity index (χ0) is 26.6. The Balaban J connectivity index is 1.19. The van der Waals surface area contributed by atoms with Crippen molar-refractivity contribution in [2.75, 3.05) is 16.3 Å². The topological polar surface area (TPSA) is 84.0 Å². The van der Waals surface area contributed by atoms with E-state index in [1.807, 2.05) is 42.5 Å². The molecule has 2 aliphatic rings. The van der Waals surface area contributed by atoms with Crippen LogP contribution in [0.5, 0.6) is 5.75 Å². The van der Waals surface area contributed by atoms with Crippen molar-refractivity contribution in [1.82, 2.24) is 0 Å². The largest absolute Gasteiger partial charge is 0.426 e. The maximum atomic E-state index is 13.0. The van der Waals surface area contributed by atoms with Crippen LogP contribution in [-0.2, 0) is 9.59 Å². The highest BCUT2D eigenvalue weighted by Gasteiger charge is 2.39. The smallest absolute Gasteiger partial charge is 0.316 e. The number of amides is 3. The number of carbonyl (C=O) groups is 4. The standard InChI is InChI=1S/C30H21BrN2O5/c1-17-13-21(10-12-25(17)33-28(35)23-11-9-20(31)15-24(23)29(33)36)38-30(37)19-14-27(34)32(16-19)26-8-4-6-18-5-2-3-7-22(18)26/h2-13,15,19H,14,16H2,1H3/t19-/m0/s1. The highest BCUT2D eigenvalue weighted by Crippen LogP contribution is 2.35. The number of benzene rings is 4. The van der Waals surface area contributed by atoms with Crippen LogP contribution >= 0.6 is 15.9 Å². The van der Waals surface area contributed by atoms with E-state index in [4.69, 9.17) is 4.74 Å². The van der Waals surface area contributed by atoms with Crippen LogP contribution in [0.4, 0.5) is 11.4 Å². The molecule has 4 aromatic carbocycles. The maximum absolute atomic E-state index is 13.0. The molecule has 0 saturated carbocycles. The zero-order valence-corrected chi connectivity index (χ0v) is 21.9. The second kappa shape index (κ2) is 9.22. The van der Waals surface area contributed by atoms with Gasteiger partial charge in [-0.25, -0.2) is 4.90 Å². The molecule has 0 bridgehead atoms. The van der Waals surface area contributed by atoms with Gasteiger partial charge in [-0.1, -0.05) is 52.3 Å². The number of esters is 1. The molecule has 2 heterocycles. The Morgan fingerprint density at radius 3 is 2.45 bits per heavy atom. The van der Waals surface area contributed by atoms with Gasteiger partial charge in [0.25, 0.3) is 11.8 Å². The Morgan fingerprint density at radius 1 is 0.868 bits per heavy atom. The first kappa shape index (κ1) is 24.1. The quantitative estimate of drug-likeness (QED) is 0.180. The number of rotatable bonds is 4. The monoisotopic (exact) mass is 568 g/mol.